The quantitative estimate of drug-likeness (QED) is 0.213. The first-order chi connectivity index (χ1) is 22.3. The molecule has 47 heavy (non-hydrogen) atoms. The van der Waals surface area contributed by atoms with Gasteiger partial charge in [0.25, 0.3) is 11.8 Å². The highest BCUT2D eigenvalue weighted by atomic mass is 16.3. The molecule has 5 rings (SSSR count). The molecule has 248 valence electrons. The minimum atomic E-state index is -1.33. The maximum Gasteiger partial charge on any atom is 0.315 e. The van der Waals surface area contributed by atoms with Crippen LogP contribution in [0.4, 0.5) is 0 Å². The molecule has 3 heterocycles. The number of nitrogens with zero attached hydrogens (tertiary/aromatic N) is 7. The number of para-hydroxylation sites is 1. The second-order valence-corrected chi connectivity index (χ2v) is 12.8. The monoisotopic (exact) mass is 645 g/mol. The number of carbonyl (C=O) groups excluding carboxylic acids is 5. The smallest absolute Gasteiger partial charge is 0.315 e. The van der Waals surface area contributed by atoms with Gasteiger partial charge in [-0.05, 0) is 39.2 Å². The lowest BCUT2D eigenvalue weighted by atomic mass is 9.85. The summed E-state index contributed by atoms with van der Waals surface area (Å²) in [6.07, 6.45) is 7.96. The summed E-state index contributed by atoms with van der Waals surface area (Å²) < 4.78 is 1.47. The van der Waals surface area contributed by atoms with Gasteiger partial charge in [0.15, 0.2) is 0 Å². The van der Waals surface area contributed by atoms with E-state index in [0.29, 0.717) is 11.2 Å². The Morgan fingerprint density at radius 2 is 1.83 bits per heavy atom. The molecule has 3 atom stereocenters. The van der Waals surface area contributed by atoms with E-state index in [4.69, 9.17) is 5.73 Å². The zero-order valence-corrected chi connectivity index (χ0v) is 26.6. The van der Waals surface area contributed by atoms with Gasteiger partial charge >= 0.3 is 5.91 Å². The molecule has 15 heteroatoms. The molecule has 0 bridgehead atoms. The zero-order chi connectivity index (χ0) is 33.9. The Hall–Kier alpha value is -4.92. The Morgan fingerprint density at radius 3 is 2.53 bits per heavy atom. The molecule has 1 aliphatic heterocycles. The summed E-state index contributed by atoms with van der Waals surface area (Å²) in [5.41, 5.74) is 4.69. The predicted octanol–water partition coefficient (Wildman–Crippen LogP) is 1.40. The third kappa shape index (κ3) is 7.56. The fraction of sp³-hybridized carbons (Fsp3) is 0.500. The van der Waals surface area contributed by atoms with Gasteiger partial charge in [-0.2, -0.15) is 0 Å². The van der Waals surface area contributed by atoms with Crippen molar-refractivity contribution in [2.45, 2.75) is 89.4 Å². The molecular formula is C32H39N9O6. The third-order valence-corrected chi connectivity index (χ3v) is 8.76. The molecule has 0 radical (unpaired) electrons. The van der Waals surface area contributed by atoms with E-state index in [-0.39, 0.29) is 36.8 Å². The Kier molecular flexibility index (Phi) is 9.84. The summed E-state index contributed by atoms with van der Waals surface area (Å²) in [7, 11) is 0. The van der Waals surface area contributed by atoms with Crippen LogP contribution in [0.2, 0.25) is 0 Å². The van der Waals surface area contributed by atoms with Crippen molar-refractivity contribution in [1.29, 1.82) is 0 Å². The Balaban J connectivity index is 1.50. The molecule has 1 saturated carbocycles. The molecule has 0 spiro atoms. The molecular weight excluding hydrogens is 606 g/mol. The van der Waals surface area contributed by atoms with Gasteiger partial charge in [-0.1, -0.05) is 55.5 Å². The van der Waals surface area contributed by atoms with Crippen LogP contribution in [-0.2, 0) is 24.8 Å². The van der Waals surface area contributed by atoms with Crippen molar-refractivity contribution in [1.82, 2.24) is 35.2 Å². The normalized spacial score (nSPS) is 19.8. The van der Waals surface area contributed by atoms with Crippen LogP contribution >= 0.6 is 0 Å². The van der Waals surface area contributed by atoms with Crippen molar-refractivity contribution in [3.8, 4) is 0 Å². The lowest BCUT2D eigenvalue weighted by Crippen LogP contribution is -2.52. The van der Waals surface area contributed by atoms with Crippen LogP contribution in [0.5, 0.6) is 0 Å². The maximum atomic E-state index is 14.4. The molecule has 15 nitrogen and oxygen atoms in total. The van der Waals surface area contributed by atoms with Gasteiger partial charge in [0.05, 0.1) is 29.5 Å². The lowest BCUT2D eigenvalue weighted by Gasteiger charge is -2.27. The standard InChI is InChI=1S/C32H39N9O6/c1-18(26(42)27(33)43)36-29(44)24-14-21(41-25(16-35-39-41)32(2,3)47)17-40(24)31(46)23(13-19-9-5-4-6-10-19)38-30(45)28-34-15-20-11-7-8-12-22(20)37-28/h7-8,11-12,15-16,18-19,21,24,47H,4-6,9-10,13-14,17H2,1-3H3,(H2,33,43)(H,36,44)/b38-23+/t18?,21-,24-/m0/s1. The average Bonchev–Trinajstić information content (AvgIpc) is 3.72. The molecule has 4 N–H and O–H groups in total. The molecule has 2 aliphatic rings. The summed E-state index contributed by atoms with van der Waals surface area (Å²) in [6.45, 7) is 4.42. The van der Waals surface area contributed by atoms with Crippen LogP contribution in [0.1, 0.15) is 88.1 Å². The van der Waals surface area contributed by atoms with Crippen molar-refractivity contribution in [2.24, 2.45) is 16.6 Å². The molecule has 2 fully saturated rings. The first-order valence-corrected chi connectivity index (χ1v) is 15.7. The van der Waals surface area contributed by atoms with Crippen LogP contribution in [0.3, 0.4) is 0 Å². The summed E-state index contributed by atoms with van der Waals surface area (Å²) in [5.74, 6) is -4.38. The number of Topliss-reactive ketones (excluding diaryl/α,β-unsaturated/α-hetero) is 1. The number of amides is 4. The van der Waals surface area contributed by atoms with Gasteiger partial charge in [-0.25, -0.2) is 19.6 Å². The summed E-state index contributed by atoms with van der Waals surface area (Å²) in [5, 5.41) is 22.1. The van der Waals surface area contributed by atoms with E-state index in [1.54, 1.807) is 26.0 Å². The van der Waals surface area contributed by atoms with Gasteiger partial charge in [0, 0.05) is 24.5 Å². The van der Waals surface area contributed by atoms with Crippen molar-refractivity contribution in [3.63, 3.8) is 0 Å². The maximum absolute atomic E-state index is 14.4. The number of ketones is 1. The topological polar surface area (TPSA) is 216 Å². The van der Waals surface area contributed by atoms with E-state index in [0.717, 1.165) is 37.5 Å². The highest BCUT2D eigenvalue weighted by Gasteiger charge is 2.44. The van der Waals surface area contributed by atoms with Gasteiger partial charge in [0.1, 0.15) is 17.4 Å². The molecule has 1 aromatic carbocycles. The van der Waals surface area contributed by atoms with Gasteiger partial charge in [-0.3, -0.25) is 24.0 Å². The number of benzene rings is 1. The second kappa shape index (κ2) is 13.8. The fourth-order valence-corrected chi connectivity index (χ4v) is 6.26. The number of hydrogen-bond acceptors (Lipinski definition) is 10. The van der Waals surface area contributed by atoms with E-state index in [1.807, 2.05) is 12.1 Å². The van der Waals surface area contributed by atoms with Crippen LogP contribution in [0.15, 0.2) is 41.7 Å². The number of aromatic nitrogens is 5. The highest BCUT2D eigenvalue weighted by molar-refractivity contribution is 6.41. The summed E-state index contributed by atoms with van der Waals surface area (Å²) >= 11 is 0. The van der Waals surface area contributed by atoms with Crippen LogP contribution < -0.4 is 11.1 Å². The Labute approximate surface area is 271 Å². The van der Waals surface area contributed by atoms with Crippen LogP contribution in [-0.4, -0.2) is 88.7 Å². The van der Waals surface area contributed by atoms with E-state index in [2.05, 4.69) is 30.6 Å². The summed E-state index contributed by atoms with van der Waals surface area (Å²) in [4.78, 5) is 79.3. The number of aliphatic hydroxyl groups is 1. The average molecular weight is 646 g/mol. The molecule has 1 aliphatic carbocycles. The summed E-state index contributed by atoms with van der Waals surface area (Å²) in [6, 6.07) is 4.20. The van der Waals surface area contributed by atoms with Crippen LogP contribution in [0, 0.1) is 5.92 Å². The van der Waals surface area contributed by atoms with Crippen molar-refractivity contribution >= 4 is 46.0 Å². The van der Waals surface area contributed by atoms with Gasteiger partial charge < -0.3 is 21.1 Å². The number of likely N-dealkylation sites (tertiary alicyclic amines) is 1. The predicted molar refractivity (Wildman–Crippen MR) is 169 cm³/mol. The number of fused-ring (bicyclic) bond motifs is 1. The number of carbonyl (C=O) groups is 5. The largest absolute Gasteiger partial charge is 0.384 e. The van der Waals surface area contributed by atoms with Crippen molar-refractivity contribution in [3.05, 3.63) is 48.2 Å². The minimum Gasteiger partial charge on any atom is -0.384 e. The second-order valence-electron chi connectivity index (χ2n) is 12.8. The van der Waals surface area contributed by atoms with Gasteiger partial charge in [0.2, 0.25) is 17.5 Å². The molecule has 3 aromatic rings. The van der Waals surface area contributed by atoms with Crippen molar-refractivity contribution in [2.75, 3.05) is 6.54 Å². The van der Waals surface area contributed by atoms with E-state index < -0.39 is 53.1 Å². The molecule has 4 amide bonds. The van der Waals surface area contributed by atoms with E-state index in [1.165, 1.54) is 28.9 Å². The lowest BCUT2D eigenvalue weighted by molar-refractivity contribution is -0.139. The SMILES string of the molecule is CC(NC(=O)[C@@H]1C[C@H](n2nncc2C(C)(C)O)CN1C(=O)/C(CC1CCCCC1)=N/C(=O)c1ncc2ccccc2n1)C(=O)C(N)=O. The molecule has 1 unspecified atom stereocenters. The zero-order valence-electron chi connectivity index (χ0n) is 26.6. The van der Waals surface area contributed by atoms with Crippen molar-refractivity contribution < 1.29 is 29.1 Å². The number of rotatable bonds is 10. The molecule has 2 aromatic heterocycles. The number of hydrogen-bond donors (Lipinski definition) is 3. The van der Waals surface area contributed by atoms with E-state index >= 15 is 0 Å². The first-order valence-electron chi connectivity index (χ1n) is 15.7. The Bertz CT molecular complexity index is 1720. The van der Waals surface area contributed by atoms with Crippen LogP contribution in [0.25, 0.3) is 10.9 Å². The van der Waals surface area contributed by atoms with Gasteiger partial charge in [-0.15, -0.1) is 5.10 Å². The third-order valence-electron chi connectivity index (χ3n) is 8.76. The fourth-order valence-electron chi connectivity index (χ4n) is 6.26. The van der Waals surface area contributed by atoms with E-state index in [9.17, 15) is 29.1 Å². The molecule has 1 saturated heterocycles. The Morgan fingerprint density at radius 1 is 1.11 bits per heavy atom. The number of aliphatic imine (C=N–C) groups is 1. The number of nitrogens with one attached hydrogen (secondary N) is 1. The number of primary amides is 1. The minimum absolute atomic E-state index is 0.0281. The first kappa shape index (κ1) is 33.4. The number of nitrogens with two attached hydrogens (primary N) is 1. The highest BCUT2D eigenvalue weighted by Crippen LogP contribution is 2.33.